The number of rotatable bonds is 5. The molecule has 6 nitrogen and oxygen atoms in total. The van der Waals surface area contributed by atoms with E-state index < -0.39 is 34.7 Å². The van der Waals surface area contributed by atoms with Gasteiger partial charge in [0.25, 0.3) is 0 Å². The van der Waals surface area contributed by atoms with Crippen molar-refractivity contribution in [2.75, 3.05) is 0 Å². The van der Waals surface area contributed by atoms with Gasteiger partial charge in [-0.15, -0.1) is 0 Å². The van der Waals surface area contributed by atoms with Gasteiger partial charge in [-0.05, 0) is 38.7 Å². The highest BCUT2D eigenvalue weighted by Gasteiger charge is 2.49. The zero-order valence-corrected chi connectivity index (χ0v) is 16.8. The summed E-state index contributed by atoms with van der Waals surface area (Å²) >= 11 is 0. The van der Waals surface area contributed by atoms with Gasteiger partial charge in [0, 0.05) is 0 Å². The Morgan fingerprint density at radius 2 is 1.58 bits per heavy atom. The zero-order chi connectivity index (χ0) is 20.2. The van der Waals surface area contributed by atoms with Crippen LogP contribution >= 0.6 is 0 Å². The molecule has 0 aromatic heterocycles. The minimum atomic E-state index is -1.65. The van der Waals surface area contributed by atoms with E-state index >= 15 is 0 Å². The fraction of sp³-hybridized carbons (Fsp3) is 0.600. The molecule has 0 aliphatic heterocycles. The lowest BCUT2D eigenvalue weighted by molar-refractivity contribution is -0.171. The van der Waals surface area contributed by atoms with Gasteiger partial charge in [0.05, 0.1) is 6.10 Å². The summed E-state index contributed by atoms with van der Waals surface area (Å²) < 4.78 is 10.6. The van der Waals surface area contributed by atoms with E-state index in [-0.39, 0.29) is 6.61 Å². The Hall–Kier alpha value is -2.08. The van der Waals surface area contributed by atoms with E-state index in [0.29, 0.717) is 0 Å². The van der Waals surface area contributed by atoms with Gasteiger partial charge in [-0.2, -0.15) is 0 Å². The quantitative estimate of drug-likeness (QED) is 0.781. The molecule has 0 saturated carbocycles. The Balaban J connectivity index is 2.94. The maximum absolute atomic E-state index is 12.7. The highest BCUT2D eigenvalue weighted by Crippen LogP contribution is 2.30. The first-order chi connectivity index (χ1) is 11.8. The second kappa shape index (κ2) is 8.08. The Kier molecular flexibility index (Phi) is 6.82. The number of aliphatic hydroxyl groups is 1. The lowest BCUT2D eigenvalue weighted by atomic mass is 9.77. The molecule has 0 unspecified atom stereocenters. The summed E-state index contributed by atoms with van der Waals surface area (Å²) in [6, 6.07) is 9.19. The largest absolute Gasteiger partial charge is 0.458 e. The molecule has 0 aliphatic rings. The van der Waals surface area contributed by atoms with E-state index in [1.165, 1.54) is 6.92 Å². The van der Waals surface area contributed by atoms with Gasteiger partial charge >= 0.3 is 12.1 Å². The summed E-state index contributed by atoms with van der Waals surface area (Å²) in [5.74, 6) is -0.718. The van der Waals surface area contributed by atoms with Crippen LogP contribution in [0.5, 0.6) is 0 Å². The summed E-state index contributed by atoms with van der Waals surface area (Å²) in [6.45, 7) is 12.0. The molecule has 0 spiro atoms. The van der Waals surface area contributed by atoms with Crippen molar-refractivity contribution >= 4 is 12.1 Å². The summed E-state index contributed by atoms with van der Waals surface area (Å²) in [7, 11) is 0. The lowest BCUT2D eigenvalue weighted by Gasteiger charge is -2.40. The van der Waals surface area contributed by atoms with E-state index in [0.717, 1.165) is 5.56 Å². The monoisotopic (exact) mass is 365 g/mol. The highest BCUT2D eigenvalue weighted by atomic mass is 16.6. The molecular formula is C20H31NO5. The number of carbonyl (C=O) groups excluding carboxylic acids is 2. The second-order valence-electron chi connectivity index (χ2n) is 8.66. The molecule has 0 saturated heterocycles. The van der Waals surface area contributed by atoms with Crippen LogP contribution in [-0.2, 0) is 20.9 Å². The summed E-state index contributed by atoms with van der Waals surface area (Å²) in [5.41, 5.74) is -2.26. The third kappa shape index (κ3) is 6.33. The Morgan fingerprint density at radius 3 is 2.04 bits per heavy atom. The smallest absolute Gasteiger partial charge is 0.408 e. The van der Waals surface area contributed by atoms with E-state index in [1.54, 1.807) is 41.5 Å². The van der Waals surface area contributed by atoms with E-state index in [2.05, 4.69) is 5.32 Å². The lowest BCUT2D eigenvalue weighted by Crippen LogP contribution is -2.64. The average Bonchev–Trinajstić information content (AvgIpc) is 2.50. The van der Waals surface area contributed by atoms with Crippen molar-refractivity contribution in [2.24, 2.45) is 5.41 Å². The molecule has 1 rings (SSSR count). The standard InChI is InChI=1S/C20H31NO5/c1-18(2,3)15(22)20(7,16(23)26-19(4,5)6)21-17(24)25-13-14-11-9-8-10-12-14/h8-12,15,22H,13H2,1-7H3,(H,21,24)/t15-,20-/m1/s1. The van der Waals surface area contributed by atoms with Crippen LogP contribution in [0.25, 0.3) is 0 Å². The minimum absolute atomic E-state index is 0.0582. The second-order valence-corrected chi connectivity index (χ2v) is 8.66. The molecule has 0 bridgehead atoms. The van der Waals surface area contributed by atoms with Crippen LogP contribution in [0.15, 0.2) is 30.3 Å². The molecule has 1 aromatic rings. The normalized spacial score (nSPS) is 15.5. The maximum Gasteiger partial charge on any atom is 0.408 e. The van der Waals surface area contributed by atoms with E-state index in [4.69, 9.17) is 9.47 Å². The predicted octanol–water partition coefficient (Wildman–Crippen LogP) is 3.42. The molecule has 0 radical (unpaired) electrons. The number of esters is 1. The van der Waals surface area contributed by atoms with Gasteiger partial charge in [-0.25, -0.2) is 9.59 Å². The molecule has 2 atom stereocenters. The van der Waals surface area contributed by atoms with Crippen molar-refractivity contribution in [3.63, 3.8) is 0 Å². The average molecular weight is 365 g/mol. The van der Waals surface area contributed by atoms with Crippen molar-refractivity contribution in [3.8, 4) is 0 Å². The number of alkyl carbamates (subject to hydrolysis) is 1. The number of hydrogen-bond acceptors (Lipinski definition) is 5. The van der Waals surface area contributed by atoms with Crippen LogP contribution in [0.3, 0.4) is 0 Å². The van der Waals surface area contributed by atoms with Gasteiger partial charge in [0.2, 0.25) is 0 Å². The molecule has 26 heavy (non-hydrogen) atoms. The molecule has 0 aliphatic carbocycles. The van der Waals surface area contributed by atoms with Crippen LogP contribution in [0.1, 0.15) is 54.0 Å². The van der Waals surface area contributed by atoms with Gasteiger partial charge in [-0.3, -0.25) is 0 Å². The fourth-order valence-electron chi connectivity index (χ4n) is 2.45. The fourth-order valence-corrected chi connectivity index (χ4v) is 2.45. The van der Waals surface area contributed by atoms with Gasteiger partial charge in [-0.1, -0.05) is 51.1 Å². The van der Waals surface area contributed by atoms with Gasteiger partial charge < -0.3 is 19.9 Å². The first-order valence-electron chi connectivity index (χ1n) is 8.66. The Labute approximate surface area is 155 Å². The molecule has 2 N–H and O–H groups in total. The van der Waals surface area contributed by atoms with Crippen LogP contribution in [0.4, 0.5) is 4.79 Å². The first kappa shape index (κ1) is 22.0. The zero-order valence-electron chi connectivity index (χ0n) is 16.8. The van der Waals surface area contributed by atoms with Crippen LogP contribution in [0, 0.1) is 5.41 Å². The summed E-state index contributed by atoms with van der Waals surface area (Å²) in [4.78, 5) is 25.0. The minimum Gasteiger partial charge on any atom is -0.458 e. The third-order valence-electron chi connectivity index (χ3n) is 3.76. The molecular weight excluding hydrogens is 334 g/mol. The molecule has 1 amide bonds. The summed E-state index contributed by atoms with van der Waals surface area (Å²) in [5, 5.41) is 13.2. The van der Waals surface area contributed by atoms with Gasteiger partial charge in [0.15, 0.2) is 5.54 Å². The number of nitrogens with one attached hydrogen (secondary N) is 1. The Bertz CT molecular complexity index is 615. The molecule has 146 valence electrons. The molecule has 0 fully saturated rings. The van der Waals surface area contributed by atoms with Crippen LogP contribution < -0.4 is 5.32 Å². The number of benzene rings is 1. The summed E-state index contributed by atoms with van der Waals surface area (Å²) in [6.07, 6.45) is -1.99. The van der Waals surface area contributed by atoms with E-state index in [1.807, 2.05) is 30.3 Å². The van der Waals surface area contributed by atoms with Crippen molar-refractivity contribution in [1.82, 2.24) is 5.32 Å². The van der Waals surface area contributed by atoms with Crippen LogP contribution in [0.2, 0.25) is 0 Å². The first-order valence-corrected chi connectivity index (χ1v) is 8.66. The number of hydrogen-bond donors (Lipinski definition) is 2. The number of carbonyl (C=O) groups is 2. The maximum atomic E-state index is 12.7. The highest BCUT2D eigenvalue weighted by molar-refractivity contribution is 5.86. The van der Waals surface area contributed by atoms with Crippen LogP contribution in [-0.4, -0.2) is 34.4 Å². The molecule has 0 heterocycles. The number of aliphatic hydroxyl groups excluding tert-OH is 1. The van der Waals surface area contributed by atoms with Crippen molar-refractivity contribution in [3.05, 3.63) is 35.9 Å². The molecule has 6 heteroatoms. The third-order valence-corrected chi connectivity index (χ3v) is 3.76. The topological polar surface area (TPSA) is 84.9 Å². The van der Waals surface area contributed by atoms with E-state index in [9.17, 15) is 14.7 Å². The van der Waals surface area contributed by atoms with Crippen molar-refractivity contribution < 1.29 is 24.2 Å². The molecule has 1 aromatic carbocycles. The van der Waals surface area contributed by atoms with Crippen molar-refractivity contribution in [2.45, 2.75) is 72.3 Å². The number of amides is 1. The predicted molar refractivity (Wildman–Crippen MR) is 99.5 cm³/mol. The number of ether oxygens (including phenoxy) is 2. The Morgan fingerprint density at radius 1 is 1.04 bits per heavy atom. The van der Waals surface area contributed by atoms with Gasteiger partial charge in [0.1, 0.15) is 12.2 Å². The SMILES string of the molecule is CC(C)(C)OC(=O)[C@](C)(NC(=O)OCc1ccccc1)[C@H](O)C(C)(C)C. The van der Waals surface area contributed by atoms with Crippen molar-refractivity contribution in [1.29, 1.82) is 0 Å².